The van der Waals surface area contributed by atoms with Crippen LogP contribution in [0, 0.1) is 6.92 Å². The number of aromatic amines is 1. The molecule has 0 aliphatic carbocycles. The van der Waals surface area contributed by atoms with Gasteiger partial charge in [0.05, 0.1) is 13.2 Å². The van der Waals surface area contributed by atoms with E-state index in [2.05, 4.69) is 15.3 Å². The van der Waals surface area contributed by atoms with Crippen molar-refractivity contribution in [2.24, 2.45) is 0 Å². The van der Waals surface area contributed by atoms with Crippen molar-refractivity contribution in [3.05, 3.63) is 57.5 Å². The summed E-state index contributed by atoms with van der Waals surface area (Å²) in [4.78, 5) is 33.9. The van der Waals surface area contributed by atoms with Gasteiger partial charge in [-0.25, -0.2) is 4.98 Å². The average molecular weight is 370 g/mol. The van der Waals surface area contributed by atoms with Crippen molar-refractivity contribution in [1.82, 2.24) is 15.3 Å². The Balaban J connectivity index is 1.51. The van der Waals surface area contributed by atoms with Gasteiger partial charge < -0.3 is 15.0 Å². The summed E-state index contributed by atoms with van der Waals surface area (Å²) in [6.07, 6.45) is 1.45. The number of aromatic nitrogens is 2. The Kier molecular flexibility index (Phi) is 6.59. The summed E-state index contributed by atoms with van der Waals surface area (Å²) in [6.45, 7) is 5.10. The molecule has 0 atom stereocenters. The molecule has 1 fully saturated rings. The number of hydrogen-bond acceptors (Lipinski definition) is 5. The first kappa shape index (κ1) is 19.1. The standard InChI is InChI=1S/C20H26N4O3/c1-15-17(19(26)23-20(22-15)24-11-13-27-14-12-24)7-8-18(25)21-10-9-16-5-3-2-4-6-16/h2-6H,7-14H2,1H3,(H,21,25)(H,22,23,26). The van der Waals surface area contributed by atoms with Crippen molar-refractivity contribution < 1.29 is 9.53 Å². The van der Waals surface area contributed by atoms with E-state index in [1.54, 1.807) is 0 Å². The summed E-state index contributed by atoms with van der Waals surface area (Å²) in [5.74, 6) is 0.527. The third-order valence-corrected chi connectivity index (χ3v) is 4.70. The van der Waals surface area contributed by atoms with E-state index in [1.807, 2.05) is 42.2 Å². The Hall–Kier alpha value is -2.67. The number of anilines is 1. The minimum Gasteiger partial charge on any atom is -0.378 e. The van der Waals surface area contributed by atoms with Crippen molar-refractivity contribution in [1.29, 1.82) is 0 Å². The minimum atomic E-state index is -0.166. The lowest BCUT2D eigenvalue weighted by Gasteiger charge is -2.27. The highest BCUT2D eigenvalue weighted by Gasteiger charge is 2.16. The van der Waals surface area contributed by atoms with Crippen LogP contribution in [0.1, 0.15) is 23.2 Å². The Morgan fingerprint density at radius 1 is 1.22 bits per heavy atom. The fourth-order valence-corrected chi connectivity index (χ4v) is 3.13. The van der Waals surface area contributed by atoms with Gasteiger partial charge in [-0.3, -0.25) is 14.6 Å². The first-order valence-corrected chi connectivity index (χ1v) is 9.36. The number of carbonyl (C=O) groups excluding carboxylic acids is 1. The normalized spacial score (nSPS) is 14.2. The number of carbonyl (C=O) groups is 1. The van der Waals surface area contributed by atoms with Crippen LogP contribution in [0.5, 0.6) is 0 Å². The van der Waals surface area contributed by atoms with Crippen LogP contribution < -0.4 is 15.8 Å². The molecule has 1 saturated heterocycles. The Morgan fingerprint density at radius 3 is 2.67 bits per heavy atom. The fraction of sp³-hybridized carbons (Fsp3) is 0.450. The number of H-pyrrole nitrogens is 1. The predicted octanol–water partition coefficient (Wildman–Crippen LogP) is 1.21. The fourth-order valence-electron chi connectivity index (χ4n) is 3.13. The number of morpholine rings is 1. The molecular weight excluding hydrogens is 344 g/mol. The van der Waals surface area contributed by atoms with Gasteiger partial charge in [-0.15, -0.1) is 0 Å². The largest absolute Gasteiger partial charge is 0.378 e. The van der Waals surface area contributed by atoms with Crippen molar-refractivity contribution in [3.63, 3.8) is 0 Å². The molecule has 2 N–H and O–H groups in total. The van der Waals surface area contributed by atoms with Crippen LogP contribution in [0.25, 0.3) is 0 Å². The third-order valence-electron chi connectivity index (χ3n) is 4.70. The van der Waals surface area contributed by atoms with Gasteiger partial charge in [-0.2, -0.15) is 0 Å². The lowest BCUT2D eigenvalue weighted by atomic mass is 10.1. The lowest BCUT2D eigenvalue weighted by molar-refractivity contribution is -0.121. The number of rotatable bonds is 7. The molecule has 27 heavy (non-hydrogen) atoms. The van der Waals surface area contributed by atoms with Crippen molar-refractivity contribution in [2.75, 3.05) is 37.7 Å². The SMILES string of the molecule is Cc1nc(N2CCOCC2)[nH]c(=O)c1CCC(=O)NCCc1ccccc1. The second kappa shape index (κ2) is 9.32. The lowest BCUT2D eigenvalue weighted by Crippen LogP contribution is -2.38. The maximum atomic E-state index is 12.4. The van der Waals surface area contributed by atoms with E-state index < -0.39 is 0 Å². The number of benzene rings is 1. The van der Waals surface area contributed by atoms with Gasteiger partial charge >= 0.3 is 0 Å². The van der Waals surface area contributed by atoms with Gasteiger partial charge in [0.25, 0.3) is 5.56 Å². The molecule has 1 aliphatic heterocycles. The molecule has 0 saturated carbocycles. The highest BCUT2D eigenvalue weighted by Crippen LogP contribution is 2.11. The Labute approximate surface area is 158 Å². The Morgan fingerprint density at radius 2 is 1.96 bits per heavy atom. The molecular formula is C20H26N4O3. The molecule has 3 rings (SSSR count). The molecule has 7 heteroatoms. The van der Waals surface area contributed by atoms with Crippen LogP contribution >= 0.6 is 0 Å². The molecule has 7 nitrogen and oxygen atoms in total. The summed E-state index contributed by atoms with van der Waals surface area (Å²) in [6, 6.07) is 10.0. The van der Waals surface area contributed by atoms with Crippen LogP contribution in [-0.4, -0.2) is 48.7 Å². The first-order valence-electron chi connectivity index (χ1n) is 9.36. The van der Waals surface area contributed by atoms with Crippen LogP contribution in [0.4, 0.5) is 5.95 Å². The zero-order valence-corrected chi connectivity index (χ0v) is 15.7. The quantitative estimate of drug-likeness (QED) is 0.765. The van der Waals surface area contributed by atoms with Gasteiger partial charge in [0.1, 0.15) is 0 Å². The molecule has 1 aromatic carbocycles. The monoisotopic (exact) mass is 370 g/mol. The van der Waals surface area contributed by atoms with Crippen molar-refractivity contribution >= 4 is 11.9 Å². The summed E-state index contributed by atoms with van der Waals surface area (Å²) >= 11 is 0. The van der Waals surface area contributed by atoms with Gasteiger partial charge in [-0.1, -0.05) is 30.3 Å². The third kappa shape index (κ3) is 5.40. The summed E-state index contributed by atoms with van der Waals surface area (Å²) in [5.41, 5.74) is 2.27. The van der Waals surface area contributed by atoms with Crippen LogP contribution in [0.2, 0.25) is 0 Å². The first-order chi connectivity index (χ1) is 13.1. The van der Waals surface area contributed by atoms with E-state index in [0.29, 0.717) is 56.5 Å². The average Bonchev–Trinajstić information content (AvgIpc) is 2.69. The molecule has 144 valence electrons. The zero-order chi connectivity index (χ0) is 19.1. The summed E-state index contributed by atoms with van der Waals surface area (Å²) < 4.78 is 5.32. The van der Waals surface area contributed by atoms with Gasteiger partial charge in [0, 0.05) is 37.3 Å². The second-order valence-corrected chi connectivity index (χ2v) is 6.64. The molecule has 0 bridgehead atoms. The number of aryl methyl sites for hydroxylation is 1. The molecule has 1 amide bonds. The predicted molar refractivity (Wildman–Crippen MR) is 104 cm³/mol. The molecule has 2 aromatic rings. The summed E-state index contributed by atoms with van der Waals surface area (Å²) in [7, 11) is 0. The topological polar surface area (TPSA) is 87.3 Å². The van der Waals surface area contributed by atoms with Crippen LogP contribution in [0.15, 0.2) is 35.1 Å². The van der Waals surface area contributed by atoms with Crippen LogP contribution in [0.3, 0.4) is 0 Å². The maximum Gasteiger partial charge on any atom is 0.255 e. The van der Waals surface area contributed by atoms with E-state index in [0.717, 1.165) is 6.42 Å². The van der Waals surface area contributed by atoms with E-state index in [4.69, 9.17) is 4.74 Å². The highest BCUT2D eigenvalue weighted by atomic mass is 16.5. The smallest absolute Gasteiger partial charge is 0.255 e. The van der Waals surface area contributed by atoms with Crippen molar-refractivity contribution in [3.8, 4) is 0 Å². The molecule has 1 aliphatic rings. The van der Waals surface area contributed by atoms with E-state index in [1.165, 1.54) is 5.56 Å². The minimum absolute atomic E-state index is 0.0537. The number of hydrogen-bond donors (Lipinski definition) is 2. The maximum absolute atomic E-state index is 12.4. The van der Waals surface area contributed by atoms with E-state index in [-0.39, 0.29) is 17.9 Å². The van der Waals surface area contributed by atoms with E-state index >= 15 is 0 Å². The molecule has 1 aromatic heterocycles. The number of nitrogens with zero attached hydrogens (tertiary/aromatic N) is 2. The highest BCUT2D eigenvalue weighted by molar-refractivity contribution is 5.76. The second-order valence-electron chi connectivity index (χ2n) is 6.64. The zero-order valence-electron chi connectivity index (χ0n) is 15.7. The van der Waals surface area contributed by atoms with E-state index in [9.17, 15) is 9.59 Å². The van der Waals surface area contributed by atoms with Gasteiger partial charge in [-0.05, 0) is 25.3 Å². The molecule has 0 radical (unpaired) electrons. The number of amides is 1. The van der Waals surface area contributed by atoms with Gasteiger partial charge in [0.2, 0.25) is 11.9 Å². The molecule has 0 unspecified atom stereocenters. The van der Waals surface area contributed by atoms with Crippen LogP contribution in [-0.2, 0) is 22.4 Å². The summed E-state index contributed by atoms with van der Waals surface area (Å²) in [5, 5.41) is 2.91. The number of nitrogens with one attached hydrogen (secondary N) is 2. The van der Waals surface area contributed by atoms with Gasteiger partial charge in [0.15, 0.2) is 0 Å². The number of ether oxygens (including phenoxy) is 1. The Bertz CT molecular complexity index is 814. The molecule has 2 heterocycles. The molecule has 0 spiro atoms. The van der Waals surface area contributed by atoms with Crippen molar-refractivity contribution in [2.45, 2.75) is 26.2 Å².